The number of amides is 1. The van der Waals surface area contributed by atoms with E-state index >= 15 is 0 Å². The molecule has 8 nitrogen and oxygen atoms in total. The van der Waals surface area contributed by atoms with E-state index in [9.17, 15) is 26.8 Å². The number of ether oxygens (including phenoxy) is 1. The Morgan fingerprint density at radius 1 is 1.00 bits per heavy atom. The number of carbonyl (C=O) groups excluding carboxylic acids is 2. The first-order valence-electron chi connectivity index (χ1n) is 9.63. The fourth-order valence-electron chi connectivity index (χ4n) is 3.18. The normalized spacial score (nSPS) is 16.2. The van der Waals surface area contributed by atoms with Gasteiger partial charge in [-0.05, 0) is 42.0 Å². The van der Waals surface area contributed by atoms with Crippen LogP contribution in [0.1, 0.15) is 22.1 Å². The summed E-state index contributed by atoms with van der Waals surface area (Å²) in [5.74, 6) is -3.23. The maximum absolute atomic E-state index is 13.6. The molecule has 0 saturated carbocycles. The molecule has 3 N–H and O–H groups in total. The minimum atomic E-state index is -3.71. The van der Waals surface area contributed by atoms with Gasteiger partial charge >= 0.3 is 5.97 Å². The molecule has 3 aromatic rings. The summed E-state index contributed by atoms with van der Waals surface area (Å²) >= 11 is 0. The predicted molar refractivity (Wildman–Crippen MR) is 115 cm³/mol. The highest BCUT2D eigenvalue weighted by molar-refractivity contribution is 7.89. The van der Waals surface area contributed by atoms with E-state index in [4.69, 9.17) is 4.74 Å². The Morgan fingerprint density at radius 2 is 1.73 bits per heavy atom. The molecule has 0 bridgehead atoms. The second-order valence-corrected chi connectivity index (χ2v) is 8.75. The van der Waals surface area contributed by atoms with Crippen molar-refractivity contribution in [3.8, 4) is 0 Å². The van der Waals surface area contributed by atoms with Gasteiger partial charge in [0.1, 0.15) is 22.7 Å². The lowest BCUT2D eigenvalue weighted by Gasteiger charge is -2.28. The van der Waals surface area contributed by atoms with Crippen molar-refractivity contribution >= 4 is 33.3 Å². The molecule has 0 aromatic heterocycles. The maximum Gasteiger partial charge on any atom is 0.338 e. The predicted octanol–water partition coefficient (Wildman–Crippen LogP) is 3.16. The summed E-state index contributed by atoms with van der Waals surface area (Å²) in [6, 6.07) is 14.9. The number of rotatable bonds is 5. The molecule has 0 unspecified atom stereocenters. The first kappa shape index (κ1) is 22.4. The standard InChI is InChI=1S/C22H17F2N3O5S/c23-15-9-10-16(24)18(11-15)25-20(28)12-32-22(29)14-7-5-13(6-8-14)21-26-17-3-1-2-4-19(17)33(30,31)27-21/h1-11,21,26-27H,12H2,(H,25,28)/t21-/m0/s1. The molecule has 1 aliphatic heterocycles. The number of hydrogen-bond acceptors (Lipinski definition) is 6. The second-order valence-electron chi connectivity index (χ2n) is 7.07. The van der Waals surface area contributed by atoms with Gasteiger partial charge in [0.25, 0.3) is 5.91 Å². The molecule has 4 rings (SSSR count). The van der Waals surface area contributed by atoms with Gasteiger partial charge in [-0.15, -0.1) is 0 Å². The van der Waals surface area contributed by atoms with Crippen LogP contribution in [0.25, 0.3) is 0 Å². The van der Waals surface area contributed by atoms with E-state index in [1.54, 1.807) is 18.2 Å². The number of halogens is 2. The number of sulfonamides is 1. The topological polar surface area (TPSA) is 114 Å². The van der Waals surface area contributed by atoms with E-state index in [-0.39, 0.29) is 16.1 Å². The molecule has 33 heavy (non-hydrogen) atoms. The zero-order valence-electron chi connectivity index (χ0n) is 16.8. The van der Waals surface area contributed by atoms with Crippen molar-refractivity contribution in [2.24, 2.45) is 0 Å². The number of carbonyl (C=O) groups is 2. The molecule has 1 atom stereocenters. The van der Waals surface area contributed by atoms with E-state index in [0.29, 0.717) is 11.3 Å². The van der Waals surface area contributed by atoms with Crippen molar-refractivity contribution in [3.63, 3.8) is 0 Å². The molecule has 1 aliphatic rings. The highest BCUT2D eigenvalue weighted by atomic mass is 32.2. The summed E-state index contributed by atoms with van der Waals surface area (Å²) in [6.45, 7) is -0.711. The molecule has 170 valence electrons. The summed E-state index contributed by atoms with van der Waals surface area (Å²) < 4.78 is 59.1. The first-order chi connectivity index (χ1) is 15.7. The fourth-order valence-corrected chi connectivity index (χ4v) is 4.49. The van der Waals surface area contributed by atoms with E-state index in [2.05, 4.69) is 15.4 Å². The van der Waals surface area contributed by atoms with Crippen molar-refractivity contribution < 1.29 is 31.5 Å². The minimum Gasteiger partial charge on any atom is -0.452 e. The molecule has 1 heterocycles. The smallest absolute Gasteiger partial charge is 0.338 e. The summed E-state index contributed by atoms with van der Waals surface area (Å²) in [6.07, 6.45) is -0.748. The number of fused-ring (bicyclic) bond motifs is 1. The fraction of sp³-hybridized carbons (Fsp3) is 0.0909. The average Bonchev–Trinajstić information content (AvgIpc) is 2.79. The third-order valence-electron chi connectivity index (χ3n) is 4.77. The van der Waals surface area contributed by atoms with Crippen LogP contribution in [0, 0.1) is 11.6 Å². The largest absolute Gasteiger partial charge is 0.452 e. The van der Waals surface area contributed by atoms with Gasteiger partial charge in [0.2, 0.25) is 10.0 Å². The van der Waals surface area contributed by atoms with E-state index in [1.165, 1.54) is 30.3 Å². The van der Waals surface area contributed by atoms with Crippen molar-refractivity contribution in [2.75, 3.05) is 17.2 Å². The Balaban J connectivity index is 1.38. The number of para-hydroxylation sites is 1. The molecule has 11 heteroatoms. The molecule has 0 spiro atoms. The summed E-state index contributed by atoms with van der Waals surface area (Å²) in [5.41, 5.74) is 0.737. The lowest BCUT2D eigenvalue weighted by atomic mass is 10.1. The van der Waals surface area contributed by atoms with Gasteiger partial charge in [-0.2, -0.15) is 4.72 Å². The van der Waals surface area contributed by atoms with Crippen LogP contribution in [0.3, 0.4) is 0 Å². The van der Waals surface area contributed by atoms with Crippen LogP contribution in [0.2, 0.25) is 0 Å². The van der Waals surface area contributed by atoms with Gasteiger partial charge in [0, 0.05) is 6.07 Å². The Labute approximate surface area is 187 Å². The minimum absolute atomic E-state index is 0.113. The molecular formula is C22H17F2N3O5S. The lowest BCUT2D eigenvalue weighted by molar-refractivity contribution is -0.119. The van der Waals surface area contributed by atoms with Crippen molar-refractivity contribution in [1.29, 1.82) is 0 Å². The molecule has 0 fully saturated rings. The Kier molecular flexibility index (Phi) is 6.07. The maximum atomic E-state index is 13.6. The van der Waals surface area contributed by atoms with Crippen LogP contribution in [0.4, 0.5) is 20.2 Å². The van der Waals surface area contributed by atoms with Crippen LogP contribution in [-0.4, -0.2) is 26.9 Å². The highest BCUT2D eigenvalue weighted by Gasteiger charge is 2.29. The summed E-state index contributed by atoms with van der Waals surface area (Å²) in [4.78, 5) is 24.2. The van der Waals surface area contributed by atoms with Crippen LogP contribution in [-0.2, 0) is 19.6 Å². The van der Waals surface area contributed by atoms with Gasteiger partial charge in [-0.25, -0.2) is 22.0 Å². The summed E-state index contributed by atoms with van der Waals surface area (Å²) in [7, 11) is -3.71. The number of benzene rings is 3. The molecule has 0 radical (unpaired) electrons. The third kappa shape index (κ3) is 4.99. The molecule has 1 amide bonds. The molecule has 0 aliphatic carbocycles. The van der Waals surface area contributed by atoms with Crippen molar-refractivity contribution in [1.82, 2.24) is 4.72 Å². The van der Waals surface area contributed by atoms with Crippen molar-refractivity contribution in [3.05, 3.63) is 89.5 Å². The van der Waals surface area contributed by atoms with Crippen LogP contribution < -0.4 is 15.4 Å². The van der Waals surface area contributed by atoms with Gasteiger partial charge in [0.05, 0.1) is 16.9 Å². The van der Waals surface area contributed by atoms with E-state index in [0.717, 1.165) is 18.2 Å². The Morgan fingerprint density at radius 3 is 2.48 bits per heavy atom. The number of esters is 1. The van der Waals surface area contributed by atoms with E-state index < -0.39 is 46.3 Å². The quantitative estimate of drug-likeness (QED) is 0.491. The molecule has 3 aromatic carbocycles. The lowest BCUT2D eigenvalue weighted by Crippen LogP contribution is -2.38. The van der Waals surface area contributed by atoms with Gasteiger partial charge < -0.3 is 15.4 Å². The molecule has 0 saturated heterocycles. The van der Waals surface area contributed by atoms with Crippen LogP contribution in [0.15, 0.2) is 71.6 Å². The SMILES string of the molecule is O=C(COC(=O)c1ccc([C@H]2Nc3ccccc3S(=O)(=O)N2)cc1)Nc1cc(F)ccc1F. The zero-order valence-corrected chi connectivity index (χ0v) is 17.7. The van der Waals surface area contributed by atoms with Gasteiger partial charge in [-0.1, -0.05) is 24.3 Å². The van der Waals surface area contributed by atoms with Gasteiger partial charge in [-0.3, -0.25) is 4.79 Å². The third-order valence-corrected chi connectivity index (χ3v) is 6.25. The second kappa shape index (κ2) is 8.96. The highest BCUT2D eigenvalue weighted by Crippen LogP contribution is 2.30. The number of nitrogens with one attached hydrogen (secondary N) is 3. The monoisotopic (exact) mass is 473 g/mol. The zero-order chi connectivity index (χ0) is 23.6. The number of hydrogen-bond donors (Lipinski definition) is 3. The first-order valence-corrected chi connectivity index (χ1v) is 11.1. The Bertz CT molecular complexity index is 1330. The van der Waals surface area contributed by atoms with Crippen LogP contribution in [0.5, 0.6) is 0 Å². The van der Waals surface area contributed by atoms with Crippen LogP contribution >= 0.6 is 0 Å². The number of anilines is 2. The summed E-state index contributed by atoms with van der Waals surface area (Å²) in [5, 5.41) is 5.19. The van der Waals surface area contributed by atoms with E-state index in [1.807, 2.05) is 0 Å². The average molecular weight is 473 g/mol. The van der Waals surface area contributed by atoms with Gasteiger partial charge in [0.15, 0.2) is 6.61 Å². The Hall–Kier alpha value is -3.83. The molecular weight excluding hydrogens is 456 g/mol. The van der Waals surface area contributed by atoms with Crippen molar-refractivity contribution in [2.45, 2.75) is 11.1 Å².